The Kier molecular flexibility index (Phi) is 6.84. The quantitative estimate of drug-likeness (QED) is 0.187. The van der Waals surface area contributed by atoms with Gasteiger partial charge in [-0.05, 0) is 53.2 Å². The van der Waals surface area contributed by atoms with Gasteiger partial charge in [-0.15, -0.1) is 0 Å². The Bertz CT molecular complexity index is 1360. The van der Waals surface area contributed by atoms with Crippen LogP contribution in [0.1, 0.15) is 26.3 Å². The highest BCUT2D eigenvalue weighted by Gasteiger charge is 2.14. The number of benzene rings is 4. The fraction of sp³-hybridized carbons (Fsp3) is 0.0741. The average Bonchev–Trinajstić information content (AvgIpc) is 2.89. The van der Waals surface area contributed by atoms with Gasteiger partial charge in [0.15, 0.2) is 0 Å². The van der Waals surface area contributed by atoms with Crippen molar-refractivity contribution >= 4 is 28.9 Å². The SMILES string of the molecule is COc1ccc(C(=O)Oc2ccc3ccccc3c2/C=N\NC(=O)c2ccccc2OC)cc1. The van der Waals surface area contributed by atoms with E-state index in [1.165, 1.54) is 13.3 Å². The van der Waals surface area contributed by atoms with Gasteiger partial charge in [0.05, 0.1) is 31.6 Å². The summed E-state index contributed by atoms with van der Waals surface area (Å²) in [6.45, 7) is 0. The minimum Gasteiger partial charge on any atom is -0.497 e. The van der Waals surface area contributed by atoms with Crippen LogP contribution in [0.15, 0.2) is 90.0 Å². The number of methoxy groups -OCH3 is 2. The zero-order valence-corrected chi connectivity index (χ0v) is 18.6. The molecule has 34 heavy (non-hydrogen) atoms. The Balaban J connectivity index is 1.62. The van der Waals surface area contributed by atoms with E-state index in [1.807, 2.05) is 30.3 Å². The van der Waals surface area contributed by atoms with E-state index in [2.05, 4.69) is 10.5 Å². The minimum atomic E-state index is -0.523. The summed E-state index contributed by atoms with van der Waals surface area (Å²) < 4.78 is 16.1. The molecule has 1 amide bonds. The summed E-state index contributed by atoms with van der Waals surface area (Å²) >= 11 is 0. The Hall–Kier alpha value is -4.65. The lowest BCUT2D eigenvalue weighted by Crippen LogP contribution is -2.18. The summed E-state index contributed by atoms with van der Waals surface area (Å²) in [6, 6.07) is 24.7. The number of hydrogen-bond acceptors (Lipinski definition) is 6. The zero-order chi connectivity index (χ0) is 23.9. The van der Waals surface area contributed by atoms with Gasteiger partial charge in [0.1, 0.15) is 17.2 Å². The van der Waals surface area contributed by atoms with Gasteiger partial charge in [-0.1, -0.05) is 42.5 Å². The number of nitrogens with zero attached hydrogens (tertiary/aromatic N) is 1. The number of esters is 1. The van der Waals surface area contributed by atoms with E-state index >= 15 is 0 Å². The van der Waals surface area contributed by atoms with E-state index < -0.39 is 11.9 Å². The van der Waals surface area contributed by atoms with Crippen LogP contribution in [0.5, 0.6) is 17.2 Å². The molecule has 4 rings (SSSR count). The number of amides is 1. The van der Waals surface area contributed by atoms with Crippen LogP contribution in [0.25, 0.3) is 10.8 Å². The molecule has 0 heterocycles. The molecule has 0 aliphatic heterocycles. The van der Waals surface area contributed by atoms with Crippen LogP contribution < -0.4 is 19.6 Å². The van der Waals surface area contributed by atoms with Gasteiger partial charge >= 0.3 is 5.97 Å². The number of rotatable bonds is 7. The lowest BCUT2D eigenvalue weighted by Gasteiger charge is -2.11. The van der Waals surface area contributed by atoms with Gasteiger partial charge in [-0.25, -0.2) is 10.2 Å². The molecule has 0 saturated heterocycles. The first-order chi connectivity index (χ1) is 16.6. The number of hydrazone groups is 1. The van der Waals surface area contributed by atoms with E-state index in [0.717, 1.165) is 10.8 Å². The largest absolute Gasteiger partial charge is 0.497 e. The summed E-state index contributed by atoms with van der Waals surface area (Å²) in [5.74, 6) is 0.446. The van der Waals surface area contributed by atoms with Crippen molar-refractivity contribution in [2.24, 2.45) is 5.10 Å². The molecule has 0 radical (unpaired) electrons. The molecule has 7 heteroatoms. The number of carbonyl (C=O) groups excluding carboxylic acids is 2. The average molecular weight is 454 g/mol. The molecule has 0 aliphatic rings. The van der Waals surface area contributed by atoms with Crippen molar-refractivity contribution in [3.8, 4) is 17.2 Å². The molecule has 0 aromatic heterocycles. The monoisotopic (exact) mass is 454 g/mol. The smallest absolute Gasteiger partial charge is 0.343 e. The van der Waals surface area contributed by atoms with E-state index in [-0.39, 0.29) is 0 Å². The third-order valence-electron chi connectivity index (χ3n) is 5.17. The lowest BCUT2D eigenvalue weighted by atomic mass is 10.0. The number of nitrogens with one attached hydrogen (secondary N) is 1. The first kappa shape index (κ1) is 22.5. The van der Waals surface area contributed by atoms with Crippen LogP contribution in [-0.4, -0.2) is 32.3 Å². The Morgan fingerprint density at radius 3 is 2.29 bits per heavy atom. The van der Waals surface area contributed by atoms with Crippen LogP contribution in [-0.2, 0) is 0 Å². The molecule has 0 atom stereocenters. The summed E-state index contributed by atoms with van der Waals surface area (Å²) in [7, 11) is 3.05. The van der Waals surface area contributed by atoms with Gasteiger partial charge in [0, 0.05) is 5.56 Å². The first-order valence-corrected chi connectivity index (χ1v) is 10.4. The second kappa shape index (κ2) is 10.3. The number of fused-ring (bicyclic) bond motifs is 1. The molecule has 0 bridgehead atoms. The van der Waals surface area contributed by atoms with E-state index in [9.17, 15) is 9.59 Å². The predicted molar refractivity (Wildman–Crippen MR) is 130 cm³/mol. The molecule has 0 fully saturated rings. The van der Waals surface area contributed by atoms with Crippen molar-refractivity contribution in [1.29, 1.82) is 0 Å². The van der Waals surface area contributed by atoms with Crippen molar-refractivity contribution in [3.63, 3.8) is 0 Å². The molecule has 170 valence electrons. The van der Waals surface area contributed by atoms with Gasteiger partial charge in [0.2, 0.25) is 0 Å². The highest BCUT2D eigenvalue weighted by Crippen LogP contribution is 2.28. The zero-order valence-electron chi connectivity index (χ0n) is 18.6. The maximum Gasteiger partial charge on any atom is 0.343 e. The number of para-hydroxylation sites is 1. The number of ether oxygens (including phenoxy) is 3. The molecule has 0 spiro atoms. The standard InChI is InChI=1S/C27H22N2O5/c1-32-20-14-11-19(12-15-20)27(31)34-25-16-13-18-7-3-4-8-21(18)23(25)17-28-29-26(30)22-9-5-6-10-24(22)33-2/h3-17H,1-2H3,(H,29,30)/b28-17-. The molecule has 7 nitrogen and oxygen atoms in total. The first-order valence-electron chi connectivity index (χ1n) is 10.4. The van der Waals surface area contributed by atoms with Crippen LogP contribution >= 0.6 is 0 Å². The normalized spacial score (nSPS) is 10.8. The maximum absolute atomic E-state index is 12.7. The lowest BCUT2D eigenvalue weighted by molar-refractivity contribution is 0.0734. The highest BCUT2D eigenvalue weighted by atomic mass is 16.5. The van der Waals surface area contributed by atoms with Crippen molar-refractivity contribution in [2.45, 2.75) is 0 Å². The minimum absolute atomic E-state index is 0.315. The van der Waals surface area contributed by atoms with Gasteiger partial charge in [-0.2, -0.15) is 5.10 Å². The van der Waals surface area contributed by atoms with Gasteiger partial charge in [0.25, 0.3) is 5.91 Å². The molecule has 4 aromatic rings. The van der Waals surface area contributed by atoms with Gasteiger partial charge in [-0.3, -0.25) is 4.79 Å². The Morgan fingerprint density at radius 1 is 0.794 bits per heavy atom. The Labute approximate surface area is 196 Å². The third kappa shape index (κ3) is 4.88. The van der Waals surface area contributed by atoms with E-state index in [0.29, 0.717) is 33.9 Å². The van der Waals surface area contributed by atoms with Crippen molar-refractivity contribution in [1.82, 2.24) is 5.43 Å². The second-order valence-electron chi connectivity index (χ2n) is 7.22. The summed E-state index contributed by atoms with van der Waals surface area (Å²) in [5, 5.41) is 5.87. The van der Waals surface area contributed by atoms with E-state index in [1.54, 1.807) is 61.7 Å². The highest BCUT2D eigenvalue weighted by molar-refractivity contribution is 6.04. The van der Waals surface area contributed by atoms with Crippen molar-refractivity contribution in [2.75, 3.05) is 14.2 Å². The third-order valence-corrected chi connectivity index (χ3v) is 5.17. The van der Waals surface area contributed by atoms with Crippen LogP contribution in [0.2, 0.25) is 0 Å². The van der Waals surface area contributed by atoms with Gasteiger partial charge < -0.3 is 14.2 Å². The fourth-order valence-corrected chi connectivity index (χ4v) is 3.43. The second-order valence-corrected chi connectivity index (χ2v) is 7.22. The van der Waals surface area contributed by atoms with E-state index in [4.69, 9.17) is 14.2 Å². The molecule has 0 aliphatic carbocycles. The molecule has 1 N–H and O–H groups in total. The van der Waals surface area contributed by atoms with Crippen LogP contribution in [0, 0.1) is 0 Å². The molecule has 0 unspecified atom stereocenters. The Morgan fingerprint density at radius 2 is 1.53 bits per heavy atom. The molecular formula is C27H22N2O5. The summed E-state index contributed by atoms with van der Waals surface area (Å²) in [6.07, 6.45) is 1.46. The summed E-state index contributed by atoms with van der Waals surface area (Å²) in [4.78, 5) is 25.3. The molecule has 0 saturated carbocycles. The molecule has 4 aromatic carbocycles. The topological polar surface area (TPSA) is 86.2 Å². The predicted octanol–water partition coefficient (Wildman–Crippen LogP) is 4.84. The maximum atomic E-state index is 12.7. The fourth-order valence-electron chi connectivity index (χ4n) is 3.43. The van der Waals surface area contributed by atoms with Crippen molar-refractivity contribution in [3.05, 3.63) is 102 Å². The van der Waals surface area contributed by atoms with Crippen LogP contribution in [0.4, 0.5) is 0 Å². The number of carbonyl (C=O) groups is 2. The number of hydrogen-bond donors (Lipinski definition) is 1. The molecular weight excluding hydrogens is 432 g/mol. The van der Waals surface area contributed by atoms with Crippen LogP contribution in [0.3, 0.4) is 0 Å². The summed E-state index contributed by atoms with van der Waals surface area (Å²) in [5.41, 5.74) is 3.79. The van der Waals surface area contributed by atoms with Crippen molar-refractivity contribution < 1.29 is 23.8 Å².